The van der Waals surface area contributed by atoms with Gasteiger partial charge in [0.15, 0.2) is 0 Å². The number of halogens is 1. The van der Waals surface area contributed by atoms with Crippen LogP contribution in [-0.2, 0) is 6.42 Å². The summed E-state index contributed by atoms with van der Waals surface area (Å²) in [7, 11) is 0. The van der Waals surface area contributed by atoms with Crippen LogP contribution in [0, 0.1) is 5.92 Å². The molecule has 1 N–H and O–H groups in total. The van der Waals surface area contributed by atoms with Crippen LogP contribution in [0.1, 0.15) is 77.2 Å². The van der Waals surface area contributed by atoms with E-state index in [4.69, 9.17) is 11.6 Å². The Hall–Kier alpha value is -0.690. The van der Waals surface area contributed by atoms with E-state index in [1.165, 1.54) is 57.8 Å². The van der Waals surface area contributed by atoms with Crippen LogP contribution < -0.4 is 0 Å². The quantitative estimate of drug-likeness (QED) is 0.448. The van der Waals surface area contributed by atoms with Crippen molar-refractivity contribution in [1.82, 2.24) is 0 Å². The lowest BCUT2D eigenvalue weighted by molar-refractivity contribution is 0.445. The van der Waals surface area contributed by atoms with Crippen LogP contribution >= 0.6 is 11.6 Å². The van der Waals surface area contributed by atoms with E-state index < -0.39 is 0 Å². The van der Waals surface area contributed by atoms with Gasteiger partial charge in [-0.1, -0.05) is 89.3 Å². The third-order valence-electron chi connectivity index (χ3n) is 4.17. The van der Waals surface area contributed by atoms with Crippen molar-refractivity contribution >= 4 is 11.6 Å². The summed E-state index contributed by atoms with van der Waals surface area (Å²) >= 11 is 5.86. The molecule has 0 aromatic heterocycles. The number of benzene rings is 1. The number of hydrogen-bond donors (Lipinski definition) is 1. The van der Waals surface area contributed by atoms with Crippen molar-refractivity contribution in [3.8, 4) is 5.75 Å². The van der Waals surface area contributed by atoms with E-state index in [0.717, 1.165) is 12.0 Å². The molecule has 2 heteroatoms. The van der Waals surface area contributed by atoms with Gasteiger partial charge in [0.25, 0.3) is 0 Å². The Morgan fingerprint density at radius 2 is 1.62 bits per heavy atom. The third-order valence-corrected chi connectivity index (χ3v) is 4.40. The highest BCUT2D eigenvalue weighted by atomic mass is 35.5. The fourth-order valence-electron chi connectivity index (χ4n) is 2.81. The molecule has 21 heavy (non-hydrogen) atoms. The normalized spacial score (nSPS) is 12.5. The van der Waals surface area contributed by atoms with Gasteiger partial charge in [-0.3, -0.25) is 0 Å². The lowest BCUT2D eigenvalue weighted by Crippen LogP contribution is -2.00. The molecule has 1 atom stereocenters. The Morgan fingerprint density at radius 1 is 1.00 bits per heavy atom. The van der Waals surface area contributed by atoms with E-state index in [9.17, 15) is 5.11 Å². The van der Waals surface area contributed by atoms with Crippen LogP contribution in [0.5, 0.6) is 5.75 Å². The molecule has 0 saturated heterocycles. The number of phenols is 1. The minimum absolute atomic E-state index is 0.338. The predicted octanol–water partition coefficient (Wildman–Crippen LogP) is 6.76. The molecule has 1 unspecified atom stereocenters. The van der Waals surface area contributed by atoms with Crippen molar-refractivity contribution in [3.63, 3.8) is 0 Å². The Morgan fingerprint density at radius 3 is 2.24 bits per heavy atom. The molecule has 0 aliphatic rings. The summed E-state index contributed by atoms with van der Waals surface area (Å²) in [5.74, 6) is 0.961. The zero-order valence-electron chi connectivity index (χ0n) is 13.7. The van der Waals surface area contributed by atoms with Crippen molar-refractivity contribution in [2.75, 3.05) is 0 Å². The van der Waals surface area contributed by atoms with Crippen molar-refractivity contribution in [3.05, 3.63) is 28.8 Å². The topological polar surface area (TPSA) is 20.2 Å². The molecule has 0 aliphatic carbocycles. The summed E-state index contributed by atoms with van der Waals surface area (Å²) in [6.45, 7) is 4.54. The summed E-state index contributed by atoms with van der Waals surface area (Å²) in [5, 5.41) is 10.5. The second-order valence-electron chi connectivity index (χ2n) is 6.35. The fourth-order valence-corrected chi connectivity index (χ4v) is 2.98. The number of unbranched alkanes of at least 4 members (excludes halogenated alkanes) is 7. The molecular weight excluding hydrogens is 280 g/mol. The molecule has 1 nitrogen and oxygen atoms in total. The first-order valence-corrected chi connectivity index (χ1v) is 8.98. The van der Waals surface area contributed by atoms with Gasteiger partial charge in [0.05, 0.1) is 0 Å². The van der Waals surface area contributed by atoms with E-state index >= 15 is 0 Å². The van der Waals surface area contributed by atoms with Crippen LogP contribution in [0.15, 0.2) is 18.2 Å². The smallest absolute Gasteiger partial charge is 0.120 e. The first-order chi connectivity index (χ1) is 10.1. The highest BCUT2D eigenvalue weighted by Crippen LogP contribution is 2.26. The molecule has 0 radical (unpaired) electrons. The minimum Gasteiger partial charge on any atom is -0.508 e. The van der Waals surface area contributed by atoms with Gasteiger partial charge in [0.2, 0.25) is 0 Å². The van der Waals surface area contributed by atoms with E-state index in [0.29, 0.717) is 16.7 Å². The maximum atomic E-state index is 9.87. The molecule has 0 fully saturated rings. The Balaban J connectivity index is 2.10. The van der Waals surface area contributed by atoms with Crippen molar-refractivity contribution in [2.45, 2.75) is 78.1 Å². The van der Waals surface area contributed by atoms with E-state index in [1.807, 2.05) is 12.1 Å². The van der Waals surface area contributed by atoms with Gasteiger partial charge >= 0.3 is 0 Å². The fraction of sp³-hybridized carbons (Fsp3) is 0.684. The largest absolute Gasteiger partial charge is 0.508 e. The van der Waals surface area contributed by atoms with Crippen molar-refractivity contribution < 1.29 is 5.11 Å². The van der Waals surface area contributed by atoms with E-state index in [2.05, 4.69) is 13.8 Å². The van der Waals surface area contributed by atoms with Gasteiger partial charge in [-0.05, 0) is 30.0 Å². The summed E-state index contributed by atoms with van der Waals surface area (Å²) < 4.78 is 0. The van der Waals surface area contributed by atoms with Crippen molar-refractivity contribution in [2.24, 2.45) is 5.92 Å². The van der Waals surface area contributed by atoms with Gasteiger partial charge in [-0.15, -0.1) is 0 Å². The van der Waals surface area contributed by atoms with Gasteiger partial charge in [0.1, 0.15) is 5.75 Å². The molecular formula is C19H31ClO. The van der Waals surface area contributed by atoms with Crippen LogP contribution in [0.4, 0.5) is 0 Å². The molecule has 0 bridgehead atoms. The average molecular weight is 311 g/mol. The first-order valence-electron chi connectivity index (χ1n) is 8.61. The lowest BCUT2D eigenvalue weighted by Gasteiger charge is -2.12. The number of aromatic hydroxyl groups is 1. The Kier molecular flexibility index (Phi) is 9.58. The van der Waals surface area contributed by atoms with E-state index in [-0.39, 0.29) is 0 Å². The van der Waals surface area contributed by atoms with Crippen LogP contribution in [0.2, 0.25) is 5.02 Å². The molecule has 0 saturated carbocycles. The second-order valence-corrected chi connectivity index (χ2v) is 6.78. The van der Waals surface area contributed by atoms with Gasteiger partial charge in [-0.2, -0.15) is 0 Å². The lowest BCUT2D eigenvalue weighted by atomic mass is 9.94. The van der Waals surface area contributed by atoms with Crippen LogP contribution in [-0.4, -0.2) is 5.11 Å². The zero-order chi connectivity index (χ0) is 15.5. The molecule has 0 aliphatic heterocycles. The predicted molar refractivity (Wildman–Crippen MR) is 93.2 cm³/mol. The second kappa shape index (κ2) is 11.0. The Bertz CT molecular complexity index is 389. The SMILES string of the molecule is CCCCCCCCCCC(C)Cc1ccc(Cl)cc1O. The third kappa shape index (κ3) is 8.36. The molecule has 0 spiro atoms. The van der Waals surface area contributed by atoms with Gasteiger partial charge in [0, 0.05) is 5.02 Å². The monoisotopic (exact) mass is 310 g/mol. The molecule has 0 heterocycles. The van der Waals surface area contributed by atoms with Crippen molar-refractivity contribution in [1.29, 1.82) is 0 Å². The van der Waals surface area contributed by atoms with Gasteiger partial charge < -0.3 is 5.11 Å². The van der Waals surface area contributed by atoms with Crippen LogP contribution in [0.3, 0.4) is 0 Å². The molecule has 1 aromatic carbocycles. The van der Waals surface area contributed by atoms with Gasteiger partial charge in [-0.25, -0.2) is 0 Å². The van der Waals surface area contributed by atoms with E-state index in [1.54, 1.807) is 6.07 Å². The summed E-state index contributed by atoms with van der Waals surface area (Å²) in [6.07, 6.45) is 13.2. The number of rotatable bonds is 11. The minimum atomic E-state index is 0.338. The highest BCUT2D eigenvalue weighted by molar-refractivity contribution is 6.30. The summed E-state index contributed by atoms with van der Waals surface area (Å²) in [5.41, 5.74) is 1.02. The number of phenolic OH excluding ortho intramolecular Hbond substituents is 1. The Labute approximate surface area is 135 Å². The standard InChI is InChI=1S/C19H31ClO/c1-3-4-5-6-7-8-9-10-11-16(2)14-17-12-13-18(20)15-19(17)21/h12-13,15-16,21H,3-11,14H2,1-2H3. The molecule has 0 amide bonds. The summed E-state index contributed by atoms with van der Waals surface area (Å²) in [4.78, 5) is 0. The number of hydrogen-bond acceptors (Lipinski definition) is 1. The average Bonchev–Trinajstić information content (AvgIpc) is 2.45. The molecule has 1 aromatic rings. The maximum Gasteiger partial charge on any atom is 0.120 e. The maximum absolute atomic E-state index is 9.87. The zero-order valence-corrected chi connectivity index (χ0v) is 14.5. The first kappa shape index (κ1) is 18.4. The molecule has 120 valence electrons. The molecule has 1 rings (SSSR count). The highest BCUT2D eigenvalue weighted by Gasteiger charge is 2.08. The summed E-state index contributed by atoms with van der Waals surface area (Å²) in [6, 6.07) is 5.45. The van der Waals surface area contributed by atoms with Crippen LogP contribution in [0.25, 0.3) is 0 Å².